The molecule has 0 radical (unpaired) electrons. The van der Waals surface area contributed by atoms with Gasteiger partial charge in [-0.3, -0.25) is 19.7 Å². The monoisotopic (exact) mass is 383 g/mol. The molecule has 0 fully saturated rings. The summed E-state index contributed by atoms with van der Waals surface area (Å²) in [6, 6.07) is 13.3. The van der Waals surface area contributed by atoms with Gasteiger partial charge in [-0.1, -0.05) is 30.3 Å². The third-order valence-corrected chi connectivity index (χ3v) is 3.76. The van der Waals surface area contributed by atoms with E-state index in [9.17, 15) is 19.7 Å². The predicted molar refractivity (Wildman–Crippen MR) is 106 cm³/mol. The van der Waals surface area contributed by atoms with Crippen LogP contribution in [0.3, 0.4) is 0 Å². The van der Waals surface area contributed by atoms with Crippen LogP contribution in [0.25, 0.3) is 0 Å². The van der Waals surface area contributed by atoms with Crippen LogP contribution in [0.5, 0.6) is 0 Å². The van der Waals surface area contributed by atoms with E-state index in [1.165, 1.54) is 6.07 Å². The number of nitrogens with two attached hydrogens (primary N) is 1. The number of rotatable bonds is 8. The normalized spacial score (nSPS) is 11.0. The summed E-state index contributed by atoms with van der Waals surface area (Å²) in [5, 5.41) is 17.5. The molecule has 0 unspecified atom stereocenters. The lowest BCUT2D eigenvalue weighted by molar-refractivity contribution is -0.384. The molecule has 2 rings (SSSR count). The van der Waals surface area contributed by atoms with E-state index in [4.69, 9.17) is 5.73 Å². The first-order valence-corrected chi connectivity index (χ1v) is 8.54. The molecule has 4 N–H and O–H groups in total. The summed E-state index contributed by atoms with van der Waals surface area (Å²) in [5.41, 5.74) is 9.17. The van der Waals surface area contributed by atoms with Gasteiger partial charge in [-0.25, -0.2) is 5.43 Å². The Bertz CT molecular complexity index is 896. The van der Waals surface area contributed by atoms with Crippen molar-refractivity contribution in [3.63, 3.8) is 0 Å². The molecule has 0 aliphatic heterocycles. The van der Waals surface area contributed by atoms with Crippen LogP contribution in [-0.4, -0.2) is 29.0 Å². The molecule has 0 spiro atoms. The number of nitro groups is 1. The molecule has 9 heteroatoms. The third kappa shape index (κ3) is 6.52. The number of hydrogen-bond donors (Lipinski definition) is 3. The second kappa shape index (κ2) is 9.81. The quantitative estimate of drug-likeness (QED) is 0.277. The molecule has 9 nitrogen and oxygen atoms in total. The van der Waals surface area contributed by atoms with Gasteiger partial charge in [0.15, 0.2) is 0 Å². The summed E-state index contributed by atoms with van der Waals surface area (Å²) in [4.78, 5) is 34.2. The van der Waals surface area contributed by atoms with E-state index in [0.29, 0.717) is 18.7 Å². The minimum atomic E-state index is -0.653. The first kappa shape index (κ1) is 20.6. The van der Waals surface area contributed by atoms with Crippen molar-refractivity contribution >= 4 is 28.9 Å². The minimum absolute atomic E-state index is 0.00978. The number of amides is 2. The number of hydrogen-bond acceptors (Lipinski definition) is 6. The highest BCUT2D eigenvalue weighted by atomic mass is 16.6. The number of anilines is 1. The van der Waals surface area contributed by atoms with Crippen molar-refractivity contribution in [2.75, 3.05) is 12.3 Å². The molecule has 2 amide bonds. The average molecular weight is 383 g/mol. The van der Waals surface area contributed by atoms with E-state index in [1.54, 1.807) is 6.92 Å². The highest BCUT2D eigenvalue weighted by Gasteiger charge is 2.13. The lowest BCUT2D eigenvalue weighted by Gasteiger charge is -2.06. The molecule has 0 heterocycles. The summed E-state index contributed by atoms with van der Waals surface area (Å²) >= 11 is 0. The van der Waals surface area contributed by atoms with Gasteiger partial charge in [0.05, 0.1) is 16.9 Å². The largest absolute Gasteiger partial charge is 0.399 e. The number of nitrogens with zero attached hydrogens (tertiary/aromatic N) is 2. The number of nitrogens with one attached hydrogen (secondary N) is 2. The van der Waals surface area contributed by atoms with Gasteiger partial charge in [0, 0.05) is 30.1 Å². The standard InChI is InChI=1S/C19H21N5O4/c1-13(9-18(25)21-8-7-14-5-3-2-4-6-14)22-23-19(26)15-10-16(20)12-17(11-15)24(27)28/h2-6,10-12H,7-9,20H2,1H3,(H,21,25)(H,23,26)/b22-13-. The van der Waals surface area contributed by atoms with E-state index in [2.05, 4.69) is 15.8 Å². The molecule has 0 atom stereocenters. The molecule has 0 aliphatic rings. The van der Waals surface area contributed by atoms with Crippen LogP contribution in [0.2, 0.25) is 0 Å². The van der Waals surface area contributed by atoms with E-state index < -0.39 is 10.8 Å². The van der Waals surface area contributed by atoms with Crippen molar-refractivity contribution in [3.8, 4) is 0 Å². The van der Waals surface area contributed by atoms with E-state index in [-0.39, 0.29) is 29.3 Å². The molecule has 28 heavy (non-hydrogen) atoms. The number of nitro benzene ring substituents is 1. The molecule has 2 aromatic carbocycles. The molecule has 0 bridgehead atoms. The van der Waals surface area contributed by atoms with Crippen LogP contribution in [0.15, 0.2) is 53.6 Å². The number of nitrogen functional groups attached to an aromatic ring is 1. The lowest BCUT2D eigenvalue weighted by atomic mass is 10.1. The Kier molecular flexibility index (Phi) is 7.21. The molecule has 146 valence electrons. The highest BCUT2D eigenvalue weighted by molar-refractivity contribution is 6.01. The van der Waals surface area contributed by atoms with Crippen LogP contribution in [0.4, 0.5) is 11.4 Å². The molecular weight excluding hydrogens is 362 g/mol. The summed E-state index contributed by atoms with van der Waals surface area (Å²) in [5.74, 6) is -0.870. The maximum Gasteiger partial charge on any atom is 0.272 e. The summed E-state index contributed by atoms with van der Waals surface area (Å²) in [6.07, 6.45) is 0.736. The summed E-state index contributed by atoms with van der Waals surface area (Å²) in [7, 11) is 0. The lowest BCUT2D eigenvalue weighted by Crippen LogP contribution is -2.28. The number of benzene rings is 2. The molecule has 0 aromatic heterocycles. The van der Waals surface area contributed by atoms with Crippen molar-refractivity contribution in [3.05, 3.63) is 69.8 Å². The summed E-state index contributed by atoms with van der Waals surface area (Å²) in [6.45, 7) is 2.09. The number of carbonyl (C=O) groups is 2. The Morgan fingerprint density at radius 3 is 2.57 bits per heavy atom. The van der Waals surface area contributed by atoms with Crippen LogP contribution < -0.4 is 16.5 Å². The zero-order valence-electron chi connectivity index (χ0n) is 15.3. The van der Waals surface area contributed by atoms with Crippen molar-refractivity contribution in [1.82, 2.24) is 10.7 Å². The van der Waals surface area contributed by atoms with Gasteiger partial charge in [-0.05, 0) is 25.0 Å². The summed E-state index contributed by atoms with van der Waals surface area (Å²) < 4.78 is 0. The van der Waals surface area contributed by atoms with Crippen molar-refractivity contribution < 1.29 is 14.5 Å². The number of hydrazone groups is 1. The molecule has 0 saturated heterocycles. The van der Waals surface area contributed by atoms with Crippen LogP contribution in [0.1, 0.15) is 29.3 Å². The zero-order valence-corrected chi connectivity index (χ0v) is 15.3. The van der Waals surface area contributed by atoms with Gasteiger partial charge in [-0.2, -0.15) is 5.10 Å². The molecule has 0 saturated carbocycles. The SMILES string of the molecule is C/C(CC(=O)NCCc1ccccc1)=N/NC(=O)c1cc(N)cc([N+](=O)[O-])c1. The fourth-order valence-electron chi connectivity index (χ4n) is 2.41. The van der Waals surface area contributed by atoms with Crippen molar-refractivity contribution in [2.45, 2.75) is 19.8 Å². The van der Waals surface area contributed by atoms with E-state index in [1.807, 2.05) is 30.3 Å². The van der Waals surface area contributed by atoms with Gasteiger partial charge >= 0.3 is 0 Å². The number of non-ortho nitro benzene ring substituents is 1. The smallest absolute Gasteiger partial charge is 0.272 e. The van der Waals surface area contributed by atoms with Crippen molar-refractivity contribution in [1.29, 1.82) is 0 Å². The second-order valence-electron chi connectivity index (χ2n) is 6.12. The Morgan fingerprint density at radius 1 is 1.18 bits per heavy atom. The first-order chi connectivity index (χ1) is 13.3. The topological polar surface area (TPSA) is 140 Å². The maximum absolute atomic E-state index is 12.1. The highest BCUT2D eigenvalue weighted by Crippen LogP contribution is 2.18. The Morgan fingerprint density at radius 2 is 1.89 bits per heavy atom. The van der Waals surface area contributed by atoms with Gasteiger partial charge < -0.3 is 11.1 Å². The van der Waals surface area contributed by atoms with Crippen LogP contribution in [0, 0.1) is 10.1 Å². The van der Waals surface area contributed by atoms with Crippen LogP contribution >= 0.6 is 0 Å². The van der Waals surface area contributed by atoms with E-state index in [0.717, 1.165) is 17.7 Å². The molecule has 0 aliphatic carbocycles. The maximum atomic E-state index is 12.1. The molecule has 2 aromatic rings. The van der Waals surface area contributed by atoms with Gasteiger partial charge in [0.2, 0.25) is 5.91 Å². The van der Waals surface area contributed by atoms with Gasteiger partial charge in [0.1, 0.15) is 0 Å². The Labute approximate surface area is 161 Å². The Balaban J connectivity index is 1.83. The number of carbonyl (C=O) groups excluding carboxylic acids is 2. The third-order valence-electron chi connectivity index (χ3n) is 3.76. The predicted octanol–water partition coefficient (Wildman–Crippen LogP) is 2.03. The zero-order chi connectivity index (χ0) is 20.5. The minimum Gasteiger partial charge on any atom is -0.399 e. The fourth-order valence-corrected chi connectivity index (χ4v) is 2.41. The fraction of sp³-hybridized carbons (Fsp3) is 0.211. The van der Waals surface area contributed by atoms with Gasteiger partial charge in [0.25, 0.3) is 11.6 Å². The van der Waals surface area contributed by atoms with Gasteiger partial charge in [-0.15, -0.1) is 0 Å². The average Bonchev–Trinajstić information content (AvgIpc) is 2.66. The van der Waals surface area contributed by atoms with Crippen molar-refractivity contribution in [2.24, 2.45) is 5.10 Å². The molecular formula is C19H21N5O4. The van der Waals surface area contributed by atoms with E-state index >= 15 is 0 Å². The Hall–Kier alpha value is -3.75. The first-order valence-electron chi connectivity index (χ1n) is 8.54. The second-order valence-corrected chi connectivity index (χ2v) is 6.12. The van der Waals surface area contributed by atoms with Crippen LogP contribution in [-0.2, 0) is 11.2 Å².